The van der Waals surface area contributed by atoms with Crippen molar-refractivity contribution < 1.29 is 13.6 Å². The number of halogens is 2. The summed E-state index contributed by atoms with van der Waals surface area (Å²) in [5.74, 6) is -1.61. The zero-order valence-electron chi connectivity index (χ0n) is 10.4. The van der Waals surface area contributed by atoms with Gasteiger partial charge in [0.15, 0.2) is 11.6 Å². The summed E-state index contributed by atoms with van der Waals surface area (Å²) in [5.41, 5.74) is 0.0626. The molecule has 0 atom stereocenters. The number of aromatic nitrogens is 3. The molecule has 0 aliphatic rings. The van der Waals surface area contributed by atoms with Crippen molar-refractivity contribution in [3.05, 3.63) is 47.5 Å². The number of rotatable bonds is 5. The summed E-state index contributed by atoms with van der Waals surface area (Å²) in [6, 6.07) is 3.81. The fourth-order valence-corrected chi connectivity index (χ4v) is 1.83. The number of benzene rings is 1. The van der Waals surface area contributed by atoms with Gasteiger partial charge in [-0.3, -0.25) is 4.79 Å². The third-order valence-corrected chi connectivity index (χ3v) is 2.77. The molecule has 0 saturated heterocycles. The molecule has 0 radical (unpaired) electrons. The maximum absolute atomic E-state index is 13.4. The second-order valence-corrected chi connectivity index (χ2v) is 4.10. The number of hydrogen-bond donors (Lipinski definition) is 0. The van der Waals surface area contributed by atoms with Crippen LogP contribution in [-0.4, -0.2) is 20.5 Å². The first-order valence-corrected chi connectivity index (χ1v) is 5.93. The molecule has 0 bridgehead atoms. The van der Waals surface area contributed by atoms with Gasteiger partial charge in [-0.05, 0) is 18.6 Å². The van der Waals surface area contributed by atoms with Gasteiger partial charge in [0.05, 0.1) is 6.42 Å². The van der Waals surface area contributed by atoms with Gasteiger partial charge in [0.25, 0.3) is 0 Å². The average Bonchev–Trinajstić information content (AvgIpc) is 2.82. The van der Waals surface area contributed by atoms with Crippen LogP contribution in [0.2, 0.25) is 0 Å². The van der Waals surface area contributed by atoms with E-state index in [-0.39, 0.29) is 24.2 Å². The average molecular weight is 265 g/mol. The van der Waals surface area contributed by atoms with Crippen molar-refractivity contribution in [1.29, 1.82) is 0 Å². The molecule has 1 aromatic heterocycles. The Kier molecular flexibility index (Phi) is 3.99. The highest BCUT2D eigenvalue weighted by Gasteiger charge is 2.14. The Balaban J connectivity index is 2.08. The summed E-state index contributed by atoms with van der Waals surface area (Å²) in [5, 5.41) is 3.95. The van der Waals surface area contributed by atoms with E-state index in [0.717, 1.165) is 6.07 Å². The van der Waals surface area contributed by atoms with Crippen molar-refractivity contribution in [3.8, 4) is 0 Å². The minimum atomic E-state index is -0.965. The van der Waals surface area contributed by atoms with Crippen LogP contribution in [0.4, 0.5) is 8.78 Å². The van der Waals surface area contributed by atoms with Crippen molar-refractivity contribution in [1.82, 2.24) is 14.8 Å². The highest BCUT2D eigenvalue weighted by atomic mass is 19.2. The molecule has 0 N–H and O–H groups in total. The van der Waals surface area contributed by atoms with Crippen LogP contribution in [0.25, 0.3) is 0 Å². The van der Waals surface area contributed by atoms with Crippen molar-refractivity contribution in [2.75, 3.05) is 0 Å². The van der Waals surface area contributed by atoms with Gasteiger partial charge in [-0.15, -0.1) is 0 Å². The first-order valence-electron chi connectivity index (χ1n) is 5.93. The Morgan fingerprint density at radius 3 is 2.84 bits per heavy atom. The standard InChI is InChI=1S/C13H13F2N3O/c1-2-18-12(16-8-17-18)7-10(19)6-9-4-3-5-11(14)13(9)15/h3-5,8H,2,6-7H2,1H3. The Hall–Kier alpha value is -2.11. The molecule has 2 aromatic rings. The van der Waals surface area contributed by atoms with Gasteiger partial charge in [0, 0.05) is 13.0 Å². The fraction of sp³-hybridized carbons (Fsp3) is 0.308. The lowest BCUT2D eigenvalue weighted by molar-refractivity contribution is -0.118. The summed E-state index contributed by atoms with van der Waals surface area (Å²) in [6.07, 6.45) is 1.28. The Morgan fingerprint density at radius 2 is 2.11 bits per heavy atom. The molecule has 6 heteroatoms. The summed E-state index contributed by atoms with van der Waals surface area (Å²) >= 11 is 0. The zero-order valence-corrected chi connectivity index (χ0v) is 10.4. The molecule has 0 amide bonds. The summed E-state index contributed by atoms with van der Waals surface area (Å²) in [7, 11) is 0. The summed E-state index contributed by atoms with van der Waals surface area (Å²) < 4.78 is 28.0. The SMILES string of the molecule is CCn1ncnc1CC(=O)Cc1cccc(F)c1F. The van der Waals surface area contributed by atoms with Crippen LogP contribution in [0.15, 0.2) is 24.5 Å². The fourth-order valence-electron chi connectivity index (χ4n) is 1.83. The molecule has 0 aliphatic heterocycles. The smallest absolute Gasteiger partial charge is 0.162 e. The maximum Gasteiger partial charge on any atom is 0.162 e. The van der Waals surface area contributed by atoms with Crippen molar-refractivity contribution in [2.45, 2.75) is 26.3 Å². The molecule has 19 heavy (non-hydrogen) atoms. The highest BCUT2D eigenvalue weighted by Crippen LogP contribution is 2.13. The van der Waals surface area contributed by atoms with Crippen LogP contribution in [0.1, 0.15) is 18.3 Å². The first-order chi connectivity index (χ1) is 9.11. The largest absolute Gasteiger partial charge is 0.299 e. The second kappa shape index (κ2) is 5.69. The van der Waals surface area contributed by atoms with Crippen molar-refractivity contribution >= 4 is 5.78 Å². The minimum absolute atomic E-state index is 0.0593. The molecule has 1 aromatic carbocycles. The van der Waals surface area contributed by atoms with Crippen molar-refractivity contribution in [3.63, 3.8) is 0 Å². The number of carbonyl (C=O) groups is 1. The van der Waals surface area contributed by atoms with Gasteiger partial charge in [-0.25, -0.2) is 18.4 Å². The van der Waals surface area contributed by atoms with E-state index in [0.29, 0.717) is 12.4 Å². The molecule has 4 nitrogen and oxygen atoms in total. The molecular formula is C13H13F2N3O. The lowest BCUT2D eigenvalue weighted by Gasteiger charge is -2.04. The van der Waals surface area contributed by atoms with Gasteiger partial charge in [0.1, 0.15) is 17.9 Å². The minimum Gasteiger partial charge on any atom is -0.299 e. The predicted molar refractivity (Wildman–Crippen MR) is 64.5 cm³/mol. The predicted octanol–water partition coefficient (Wildman–Crippen LogP) is 1.93. The Labute approximate surface area is 109 Å². The topological polar surface area (TPSA) is 47.8 Å². The highest BCUT2D eigenvalue weighted by molar-refractivity contribution is 5.82. The van der Waals surface area contributed by atoms with E-state index in [2.05, 4.69) is 10.1 Å². The molecule has 2 rings (SSSR count). The second-order valence-electron chi connectivity index (χ2n) is 4.10. The number of hydrogen-bond acceptors (Lipinski definition) is 3. The Morgan fingerprint density at radius 1 is 1.32 bits per heavy atom. The Bertz CT molecular complexity index is 595. The van der Waals surface area contributed by atoms with E-state index in [1.165, 1.54) is 18.5 Å². The van der Waals surface area contributed by atoms with Crippen LogP contribution in [-0.2, 0) is 24.2 Å². The van der Waals surface area contributed by atoms with Crippen molar-refractivity contribution in [2.24, 2.45) is 0 Å². The maximum atomic E-state index is 13.4. The van der Waals surface area contributed by atoms with E-state index >= 15 is 0 Å². The molecule has 100 valence electrons. The van der Waals surface area contributed by atoms with E-state index in [4.69, 9.17) is 0 Å². The summed E-state index contributed by atoms with van der Waals surface area (Å²) in [4.78, 5) is 15.8. The molecule has 1 heterocycles. The number of nitrogens with zero attached hydrogens (tertiary/aromatic N) is 3. The van der Waals surface area contributed by atoms with Crippen LogP contribution in [0, 0.1) is 11.6 Å². The molecule has 0 unspecified atom stereocenters. The van der Waals surface area contributed by atoms with Gasteiger partial charge in [-0.1, -0.05) is 12.1 Å². The van der Waals surface area contributed by atoms with Gasteiger partial charge >= 0.3 is 0 Å². The number of ketones is 1. The molecule has 0 saturated carbocycles. The van der Waals surface area contributed by atoms with E-state index in [9.17, 15) is 13.6 Å². The normalized spacial score (nSPS) is 10.7. The van der Waals surface area contributed by atoms with Crippen LogP contribution >= 0.6 is 0 Å². The third-order valence-electron chi connectivity index (χ3n) is 2.77. The lowest BCUT2D eigenvalue weighted by Crippen LogP contribution is -2.13. The van der Waals surface area contributed by atoms with Crippen LogP contribution in [0.3, 0.4) is 0 Å². The quantitative estimate of drug-likeness (QED) is 0.830. The number of Topliss-reactive ketones (excluding diaryl/α,β-unsaturated/α-hetero) is 1. The number of carbonyl (C=O) groups excluding carboxylic acids is 1. The number of aryl methyl sites for hydroxylation is 1. The van der Waals surface area contributed by atoms with Gasteiger partial charge in [-0.2, -0.15) is 5.10 Å². The zero-order chi connectivity index (χ0) is 13.8. The lowest BCUT2D eigenvalue weighted by atomic mass is 10.1. The van der Waals surface area contributed by atoms with E-state index in [1.807, 2.05) is 6.92 Å². The van der Waals surface area contributed by atoms with E-state index in [1.54, 1.807) is 4.68 Å². The molecule has 0 fully saturated rings. The van der Waals surface area contributed by atoms with Crippen LogP contribution < -0.4 is 0 Å². The molecular weight excluding hydrogens is 252 g/mol. The van der Waals surface area contributed by atoms with Gasteiger partial charge in [0.2, 0.25) is 0 Å². The van der Waals surface area contributed by atoms with E-state index < -0.39 is 11.6 Å². The van der Waals surface area contributed by atoms with Gasteiger partial charge < -0.3 is 0 Å². The third kappa shape index (κ3) is 3.01. The molecule has 0 aliphatic carbocycles. The monoisotopic (exact) mass is 265 g/mol. The van der Waals surface area contributed by atoms with Crippen LogP contribution in [0.5, 0.6) is 0 Å². The molecule has 0 spiro atoms. The summed E-state index contributed by atoms with van der Waals surface area (Å²) in [6.45, 7) is 2.49. The first kappa shape index (κ1) is 13.3.